The predicted octanol–water partition coefficient (Wildman–Crippen LogP) is 3.22. The molecule has 0 fully saturated rings. The number of aliphatic hydroxyl groups is 1. The zero-order valence-corrected chi connectivity index (χ0v) is 17.4. The molecule has 2 aromatic rings. The summed E-state index contributed by atoms with van der Waals surface area (Å²) in [6.07, 6.45) is 6.08. The van der Waals surface area contributed by atoms with Crippen molar-refractivity contribution < 1.29 is 48.0 Å². The third kappa shape index (κ3) is 5.65. The molecule has 1 radical (unpaired) electrons. The predicted molar refractivity (Wildman–Crippen MR) is 97.5 cm³/mol. The zero-order chi connectivity index (χ0) is 16.1. The van der Waals surface area contributed by atoms with Crippen LogP contribution in [0.15, 0.2) is 48.7 Å². The largest absolute Gasteiger partial charge is 0.516 e. The molecule has 131 valence electrons. The van der Waals surface area contributed by atoms with Gasteiger partial charge in [-0.2, -0.15) is 0 Å². The fourth-order valence-corrected chi connectivity index (χ4v) is 3.22. The summed E-state index contributed by atoms with van der Waals surface area (Å²) in [5.74, 6) is 0.902. The molecule has 0 aliphatic heterocycles. The van der Waals surface area contributed by atoms with Crippen LogP contribution >= 0.6 is 0 Å². The minimum Gasteiger partial charge on any atom is -0.516 e. The van der Waals surface area contributed by atoms with Crippen molar-refractivity contribution in [2.45, 2.75) is 25.3 Å². The molecular formula is C20H25NO3Y. The Morgan fingerprint density at radius 1 is 1.20 bits per heavy atom. The van der Waals surface area contributed by atoms with Gasteiger partial charge in [0.25, 0.3) is 0 Å². The molecule has 0 spiro atoms. The van der Waals surface area contributed by atoms with Gasteiger partial charge in [0.15, 0.2) is 0 Å². The molecule has 1 aliphatic rings. The molecule has 5 heteroatoms. The van der Waals surface area contributed by atoms with E-state index in [4.69, 9.17) is 9.84 Å². The molecule has 0 amide bonds. The summed E-state index contributed by atoms with van der Waals surface area (Å²) >= 11 is 0. The minimum absolute atomic E-state index is 0. The third-order valence-corrected chi connectivity index (χ3v) is 4.48. The van der Waals surface area contributed by atoms with Gasteiger partial charge in [-0.15, -0.1) is 0 Å². The van der Waals surface area contributed by atoms with Crippen molar-refractivity contribution in [3.63, 3.8) is 0 Å². The van der Waals surface area contributed by atoms with Crippen molar-refractivity contribution >= 4 is 6.08 Å². The number of methoxy groups -OCH3 is 1. The molecule has 3 rings (SSSR count). The van der Waals surface area contributed by atoms with Crippen LogP contribution in [-0.2, 0) is 45.6 Å². The Morgan fingerprint density at radius 3 is 2.64 bits per heavy atom. The SMILES string of the molecule is COc1ccc(CCNC2CCc3cc(/C=C/O)ccc32)cc1.O.[Y]. The second-order valence-corrected chi connectivity index (χ2v) is 5.92. The first-order chi connectivity index (χ1) is 11.3. The van der Waals surface area contributed by atoms with Crippen LogP contribution in [0.4, 0.5) is 0 Å². The van der Waals surface area contributed by atoms with Crippen molar-refractivity contribution in [2.75, 3.05) is 13.7 Å². The summed E-state index contributed by atoms with van der Waals surface area (Å²) in [7, 11) is 1.69. The van der Waals surface area contributed by atoms with Crippen LogP contribution in [0, 0.1) is 0 Å². The summed E-state index contributed by atoms with van der Waals surface area (Å²) < 4.78 is 5.18. The van der Waals surface area contributed by atoms with E-state index in [1.807, 2.05) is 12.1 Å². The summed E-state index contributed by atoms with van der Waals surface area (Å²) in [6.45, 7) is 0.967. The molecule has 0 saturated carbocycles. The number of hydrogen-bond donors (Lipinski definition) is 2. The van der Waals surface area contributed by atoms with Crippen LogP contribution in [0.5, 0.6) is 5.75 Å². The van der Waals surface area contributed by atoms with E-state index in [9.17, 15) is 0 Å². The van der Waals surface area contributed by atoms with Gasteiger partial charge in [0.2, 0.25) is 0 Å². The number of aryl methyl sites for hydroxylation is 1. The maximum Gasteiger partial charge on any atom is 0.118 e. The second kappa shape index (κ2) is 10.7. The Kier molecular flexibility index (Phi) is 9.37. The maximum atomic E-state index is 8.88. The third-order valence-electron chi connectivity index (χ3n) is 4.48. The Balaban J connectivity index is 0.00000156. The molecule has 0 saturated heterocycles. The molecule has 25 heavy (non-hydrogen) atoms. The molecule has 4 nitrogen and oxygen atoms in total. The standard InChI is InChI=1S/C20H23NO2.H2O.Y/c1-23-18-6-2-15(3-7-18)10-12-21-20-9-5-17-14-16(11-13-22)4-8-19(17)20;;/h2-4,6-8,11,13-14,20-22H,5,9-10,12H2,1H3;1H2;/b13-11+;;. The van der Waals surface area contributed by atoms with Crippen LogP contribution in [0.2, 0.25) is 0 Å². The fraction of sp³-hybridized carbons (Fsp3) is 0.300. The van der Waals surface area contributed by atoms with Gasteiger partial charge < -0.3 is 20.6 Å². The van der Waals surface area contributed by atoms with Crippen molar-refractivity contribution in [3.8, 4) is 5.75 Å². The van der Waals surface area contributed by atoms with Gasteiger partial charge in [0.05, 0.1) is 13.4 Å². The summed E-state index contributed by atoms with van der Waals surface area (Å²) in [5.41, 5.74) is 5.17. The summed E-state index contributed by atoms with van der Waals surface area (Å²) in [5, 5.41) is 12.5. The molecular weight excluding hydrogens is 391 g/mol. The number of rotatable bonds is 6. The van der Waals surface area contributed by atoms with Gasteiger partial charge in [-0.05, 0) is 66.3 Å². The zero-order valence-electron chi connectivity index (χ0n) is 14.5. The average Bonchev–Trinajstić information content (AvgIpc) is 2.98. The average molecular weight is 416 g/mol. The normalized spacial score (nSPS) is 15.3. The Labute approximate surface area is 174 Å². The van der Waals surface area contributed by atoms with E-state index >= 15 is 0 Å². The number of nitrogens with one attached hydrogen (secondary N) is 1. The molecule has 2 aromatic carbocycles. The van der Waals surface area contributed by atoms with E-state index < -0.39 is 0 Å². The van der Waals surface area contributed by atoms with Gasteiger partial charge in [0.1, 0.15) is 5.75 Å². The first-order valence-corrected chi connectivity index (χ1v) is 8.10. The number of hydrogen-bond acceptors (Lipinski definition) is 3. The van der Waals surface area contributed by atoms with Crippen molar-refractivity contribution in [1.82, 2.24) is 5.32 Å². The smallest absolute Gasteiger partial charge is 0.118 e. The van der Waals surface area contributed by atoms with E-state index in [0.717, 1.165) is 43.4 Å². The Morgan fingerprint density at radius 2 is 1.96 bits per heavy atom. The monoisotopic (exact) mass is 416 g/mol. The number of benzene rings is 2. The van der Waals surface area contributed by atoms with Crippen LogP contribution in [0.1, 0.15) is 34.7 Å². The number of aliphatic hydroxyl groups excluding tert-OH is 1. The second-order valence-electron chi connectivity index (χ2n) is 5.92. The molecule has 1 aliphatic carbocycles. The van der Waals surface area contributed by atoms with Gasteiger partial charge in [-0.25, -0.2) is 0 Å². The van der Waals surface area contributed by atoms with Crippen LogP contribution in [0.25, 0.3) is 6.08 Å². The van der Waals surface area contributed by atoms with Crippen LogP contribution < -0.4 is 10.1 Å². The first kappa shape index (κ1) is 21.8. The quantitative estimate of drug-likeness (QED) is 0.711. The molecule has 0 bridgehead atoms. The number of fused-ring (bicyclic) bond motifs is 1. The minimum atomic E-state index is 0. The molecule has 0 aromatic heterocycles. The van der Waals surface area contributed by atoms with Crippen molar-refractivity contribution in [2.24, 2.45) is 0 Å². The van der Waals surface area contributed by atoms with E-state index in [0.29, 0.717) is 6.04 Å². The van der Waals surface area contributed by atoms with Gasteiger partial charge in [0, 0.05) is 38.8 Å². The Bertz CT molecular complexity index is 686. The van der Waals surface area contributed by atoms with Crippen molar-refractivity contribution in [1.29, 1.82) is 0 Å². The summed E-state index contributed by atoms with van der Waals surface area (Å²) in [4.78, 5) is 0. The van der Waals surface area contributed by atoms with E-state index in [2.05, 4.69) is 35.6 Å². The molecule has 1 atom stereocenters. The molecule has 0 heterocycles. The van der Waals surface area contributed by atoms with E-state index in [-0.39, 0.29) is 38.2 Å². The first-order valence-electron chi connectivity index (χ1n) is 8.10. The molecule has 4 N–H and O–H groups in total. The van der Waals surface area contributed by atoms with Gasteiger partial charge >= 0.3 is 0 Å². The van der Waals surface area contributed by atoms with Crippen LogP contribution in [0.3, 0.4) is 0 Å². The molecule has 1 unspecified atom stereocenters. The van der Waals surface area contributed by atoms with E-state index in [1.54, 1.807) is 13.2 Å². The van der Waals surface area contributed by atoms with Crippen molar-refractivity contribution in [3.05, 3.63) is 71.0 Å². The van der Waals surface area contributed by atoms with Gasteiger partial charge in [-0.1, -0.05) is 30.3 Å². The van der Waals surface area contributed by atoms with Gasteiger partial charge in [-0.3, -0.25) is 0 Å². The van der Waals surface area contributed by atoms with E-state index in [1.165, 1.54) is 16.7 Å². The topological polar surface area (TPSA) is 73.0 Å². The summed E-state index contributed by atoms with van der Waals surface area (Å²) in [6, 6.07) is 15.1. The Hall–Kier alpha value is -1.20. The van der Waals surface area contributed by atoms with Crippen LogP contribution in [-0.4, -0.2) is 24.2 Å². The number of ether oxygens (including phenoxy) is 1. The maximum absolute atomic E-state index is 8.88. The fourth-order valence-electron chi connectivity index (χ4n) is 3.22.